The van der Waals surface area contributed by atoms with Crippen LogP contribution in [0, 0.1) is 6.92 Å². The van der Waals surface area contributed by atoms with E-state index in [0.29, 0.717) is 44.8 Å². The molecule has 1 aliphatic heterocycles. The summed E-state index contributed by atoms with van der Waals surface area (Å²) in [6.45, 7) is 4.28. The molecular weight excluding hydrogens is 358 g/mol. The number of aromatic carboxylic acids is 1. The first-order chi connectivity index (χ1) is 13.6. The van der Waals surface area contributed by atoms with Crippen molar-refractivity contribution in [3.8, 4) is 0 Å². The van der Waals surface area contributed by atoms with Crippen molar-refractivity contribution in [3.63, 3.8) is 0 Å². The zero-order valence-electron chi connectivity index (χ0n) is 16.2. The average Bonchev–Trinajstić information content (AvgIpc) is 3.10. The molecule has 7 heteroatoms. The van der Waals surface area contributed by atoms with Gasteiger partial charge in [-0.3, -0.25) is 9.48 Å². The molecule has 150 valence electrons. The Bertz CT molecular complexity index is 795. The van der Waals surface area contributed by atoms with Gasteiger partial charge in [-0.15, -0.1) is 0 Å². The maximum absolute atomic E-state index is 12.4. The van der Waals surface area contributed by atoms with Crippen LogP contribution in [0.4, 0.5) is 0 Å². The zero-order valence-corrected chi connectivity index (χ0v) is 16.2. The molecule has 1 amide bonds. The summed E-state index contributed by atoms with van der Waals surface area (Å²) in [6.07, 6.45) is 4.19. The zero-order chi connectivity index (χ0) is 19.9. The number of carboxylic acids is 1. The summed E-state index contributed by atoms with van der Waals surface area (Å²) in [6, 6.07) is 10.1. The van der Waals surface area contributed by atoms with Crippen LogP contribution in [-0.4, -0.2) is 51.4 Å². The van der Waals surface area contributed by atoms with E-state index in [0.717, 1.165) is 18.4 Å². The number of benzene rings is 1. The number of likely N-dealkylation sites (tertiary alicyclic amines) is 1. The number of carboxylic acid groups (broad SMARTS) is 1. The predicted octanol–water partition coefficient (Wildman–Crippen LogP) is 3.05. The second-order valence-electron chi connectivity index (χ2n) is 7.15. The van der Waals surface area contributed by atoms with Crippen LogP contribution in [-0.2, 0) is 16.1 Å². The highest BCUT2D eigenvalue weighted by Crippen LogP contribution is 2.25. The van der Waals surface area contributed by atoms with Gasteiger partial charge in [0, 0.05) is 26.1 Å². The van der Waals surface area contributed by atoms with Gasteiger partial charge < -0.3 is 14.7 Å². The lowest BCUT2D eigenvalue weighted by Gasteiger charge is -2.32. The summed E-state index contributed by atoms with van der Waals surface area (Å²) in [5.41, 5.74) is 2.05. The first-order valence-electron chi connectivity index (χ1n) is 9.73. The average molecular weight is 385 g/mol. The van der Waals surface area contributed by atoms with Crippen molar-refractivity contribution >= 4 is 11.9 Å². The van der Waals surface area contributed by atoms with Gasteiger partial charge in [0.15, 0.2) is 0 Å². The smallest absolute Gasteiger partial charge is 0.339 e. The van der Waals surface area contributed by atoms with Gasteiger partial charge in [0.25, 0.3) is 0 Å². The Morgan fingerprint density at radius 3 is 2.57 bits per heavy atom. The van der Waals surface area contributed by atoms with Crippen molar-refractivity contribution in [1.29, 1.82) is 0 Å². The normalized spacial score (nSPS) is 15.0. The Labute approximate surface area is 164 Å². The van der Waals surface area contributed by atoms with Gasteiger partial charge in [-0.2, -0.15) is 5.10 Å². The minimum Gasteiger partial charge on any atom is -0.478 e. The number of hydrogen-bond acceptors (Lipinski definition) is 4. The summed E-state index contributed by atoms with van der Waals surface area (Å²) in [5, 5.41) is 13.4. The molecule has 0 bridgehead atoms. The fourth-order valence-corrected chi connectivity index (χ4v) is 3.61. The van der Waals surface area contributed by atoms with Gasteiger partial charge in [-0.05, 0) is 31.7 Å². The second kappa shape index (κ2) is 9.50. The van der Waals surface area contributed by atoms with Crippen molar-refractivity contribution in [2.45, 2.75) is 45.3 Å². The van der Waals surface area contributed by atoms with E-state index in [1.807, 2.05) is 35.2 Å². The van der Waals surface area contributed by atoms with E-state index in [4.69, 9.17) is 9.84 Å². The third-order valence-electron chi connectivity index (χ3n) is 5.23. The number of amides is 1. The standard InChI is InChI=1S/C21H27N3O4/c1-16-19(21(26)27)14-22-24(16)18-9-11-23(12-10-18)20(25)8-5-13-28-15-17-6-3-2-4-7-17/h2-4,6-7,14,18H,5,8-13,15H2,1H3,(H,26,27). The molecule has 1 aromatic carbocycles. The van der Waals surface area contributed by atoms with E-state index in [9.17, 15) is 9.59 Å². The minimum absolute atomic E-state index is 0.145. The molecule has 0 radical (unpaired) electrons. The van der Waals surface area contributed by atoms with E-state index >= 15 is 0 Å². The van der Waals surface area contributed by atoms with Crippen LogP contribution in [0.3, 0.4) is 0 Å². The number of ether oxygens (including phenoxy) is 1. The molecule has 7 nitrogen and oxygen atoms in total. The van der Waals surface area contributed by atoms with Gasteiger partial charge in [-0.1, -0.05) is 30.3 Å². The number of piperidine rings is 1. The summed E-state index contributed by atoms with van der Waals surface area (Å²) < 4.78 is 7.43. The Balaban J connectivity index is 1.37. The van der Waals surface area contributed by atoms with Crippen LogP contribution in [0.1, 0.15) is 53.3 Å². The molecule has 1 aromatic heterocycles. The number of hydrogen-bond donors (Lipinski definition) is 1. The molecule has 0 aliphatic carbocycles. The summed E-state index contributed by atoms with van der Waals surface area (Å²) >= 11 is 0. The molecule has 2 heterocycles. The van der Waals surface area contributed by atoms with E-state index in [-0.39, 0.29) is 17.5 Å². The van der Waals surface area contributed by atoms with Gasteiger partial charge in [0.2, 0.25) is 5.91 Å². The van der Waals surface area contributed by atoms with Gasteiger partial charge in [0.05, 0.1) is 24.5 Å². The maximum Gasteiger partial charge on any atom is 0.339 e. The van der Waals surface area contributed by atoms with Crippen LogP contribution in [0.25, 0.3) is 0 Å². The molecule has 1 saturated heterocycles. The van der Waals surface area contributed by atoms with Crippen LogP contribution in [0.5, 0.6) is 0 Å². The van der Waals surface area contributed by atoms with E-state index in [1.165, 1.54) is 6.20 Å². The van der Waals surface area contributed by atoms with E-state index < -0.39 is 5.97 Å². The summed E-state index contributed by atoms with van der Waals surface area (Å²) in [5.74, 6) is -0.795. The van der Waals surface area contributed by atoms with Crippen molar-refractivity contribution in [2.24, 2.45) is 0 Å². The van der Waals surface area contributed by atoms with Crippen LogP contribution < -0.4 is 0 Å². The number of nitrogens with zero attached hydrogens (tertiary/aromatic N) is 3. The lowest BCUT2D eigenvalue weighted by molar-refractivity contribution is -0.132. The number of carbonyl (C=O) groups is 2. The first kappa shape index (κ1) is 20.1. The highest BCUT2D eigenvalue weighted by atomic mass is 16.5. The van der Waals surface area contributed by atoms with E-state index in [1.54, 1.807) is 11.6 Å². The molecule has 3 rings (SSSR count). The van der Waals surface area contributed by atoms with Crippen LogP contribution in [0.15, 0.2) is 36.5 Å². The maximum atomic E-state index is 12.4. The minimum atomic E-state index is -0.953. The van der Waals surface area contributed by atoms with Crippen LogP contribution in [0.2, 0.25) is 0 Å². The quantitative estimate of drug-likeness (QED) is 0.706. The third-order valence-corrected chi connectivity index (χ3v) is 5.23. The van der Waals surface area contributed by atoms with Crippen LogP contribution >= 0.6 is 0 Å². The Kier molecular flexibility index (Phi) is 6.81. The van der Waals surface area contributed by atoms with Crippen molar-refractivity contribution < 1.29 is 19.4 Å². The highest BCUT2D eigenvalue weighted by Gasteiger charge is 2.26. The number of carbonyl (C=O) groups excluding carboxylic acids is 1. The Morgan fingerprint density at radius 2 is 1.93 bits per heavy atom. The highest BCUT2D eigenvalue weighted by molar-refractivity contribution is 5.88. The first-order valence-corrected chi connectivity index (χ1v) is 9.73. The van der Waals surface area contributed by atoms with Gasteiger partial charge in [0.1, 0.15) is 5.56 Å². The van der Waals surface area contributed by atoms with Gasteiger partial charge in [-0.25, -0.2) is 4.79 Å². The predicted molar refractivity (Wildman–Crippen MR) is 104 cm³/mol. The summed E-state index contributed by atoms with van der Waals surface area (Å²) in [4.78, 5) is 25.5. The lowest BCUT2D eigenvalue weighted by atomic mass is 10.0. The SMILES string of the molecule is Cc1c(C(=O)O)cnn1C1CCN(C(=O)CCCOCc2ccccc2)CC1. The molecule has 0 unspecified atom stereocenters. The fourth-order valence-electron chi connectivity index (χ4n) is 3.61. The number of aromatic nitrogens is 2. The summed E-state index contributed by atoms with van der Waals surface area (Å²) in [7, 11) is 0. The molecule has 1 fully saturated rings. The van der Waals surface area contributed by atoms with Gasteiger partial charge >= 0.3 is 5.97 Å². The fraction of sp³-hybridized carbons (Fsp3) is 0.476. The molecule has 1 aliphatic rings. The molecule has 28 heavy (non-hydrogen) atoms. The molecular formula is C21H27N3O4. The van der Waals surface area contributed by atoms with E-state index in [2.05, 4.69) is 5.10 Å². The largest absolute Gasteiger partial charge is 0.478 e. The third kappa shape index (κ3) is 4.98. The Hall–Kier alpha value is -2.67. The molecule has 0 spiro atoms. The molecule has 0 saturated carbocycles. The lowest BCUT2D eigenvalue weighted by Crippen LogP contribution is -2.39. The topological polar surface area (TPSA) is 84.7 Å². The Morgan fingerprint density at radius 1 is 1.21 bits per heavy atom. The van der Waals surface area contributed by atoms with Crippen molar-refractivity contribution in [1.82, 2.24) is 14.7 Å². The molecule has 2 aromatic rings. The number of rotatable bonds is 8. The second-order valence-corrected chi connectivity index (χ2v) is 7.15. The van der Waals surface area contributed by atoms with Crippen molar-refractivity contribution in [3.05, 3.63) is 53.3 Å². The van der Waals surface area contributed by atoms with Crippen molar-refractivity contribution in [2.75, 3.05) is 19.7 Å². The molecule has 1 N–H and O–H groups in total. The molecule has 0 atom stereocenters. The monoisotopic (exact) mass is 385 g/mol.